The van der Waals surface area contributed by atoms with Gasteiger partial charge < -0.3 is 10.2 Å². The Kier molecular flexibility index (Phi) is 6.21. The molecule has 7 heteroatoms. The van der Waals surface area contributed by atoms with Crippen molar-refractivity contribution in [3.8, 4) is 0 Å². The summed E-state index contributed by atoms with van der Waals surface area (Å²) >= 11 is 0. The molecule has 6 nitrogen and oxygen atoms in total. The van der Waals surface area contributed by atoms with Crippen LogP contribution in [0.25, 0.3) is 0 Å². The molecule has 2 saturated heterocycles. The van der Waals surface area contributed by atoms with Crippen LogP contribution in [0.4, 0.5) is 4.39 Å². The van der Waals surface area contributed by atoms with Gasteiger partial charge in [-0.1, -0.05) is 18.2 Å². The highest BCUT2D eigenvalue weighted by Crippen LogP contribution is 2.19. The number of halogens is 1. The Bertz CT molecular complexity index is 654. The fourth-order valence-corrected chi connectivity index (χ4v) is 3.69. The smallest absolute Gasteiger partial charge is 0.236 e. The Morgan fingerprint density at radius 2 is 2.12 bits per heavy atom. The van der Waals surface area contributed by atoms with Gasteiger partial charge in [0.05, 0.1) is 13.1 Å². The van der Waals surface area contributed by atoms with E-state index in [-0.39, 0.29) is 36.8 Å². The van der Waals surface area contributed by atoms with Gasteiger partial charge in [0.1, 0.15) is 5.82 Å². The summed E-state index contributed by atoms with van der Waals surface area (Å²) < 4.78 is 13.9. The summed E-state index contributed by atoms with van der Waals surface area (Å²) in [5.41, 5.74) is 0.696. The molecule has 1 aromatic carbocycles. The van der Waals surface area contributed by atoms with Gasteiger partial charge in [0.25, 0.3) is 0 Å². The molecule has 0 aromatic heterocycles. The monoisotopic (exact) mass is 362 g/mol. The van der Waals surface area contributed by atoms with Crippen molar-refractivity contribution in [3.63, 3.8) is 0 Å². The van der Waals surface area contributed by atoms with Gasteiger partial charge in [-0.15, -0.1) is 0 Å². The molecule has 2 heterocycles. The van der Waals surface area contributed by atoms with E-state index in [1.807, 2.05) is 24.1 Å². The molecule has 0 spiro atoms. The maximum atomic E-state index is 13.9. The first-order chi connectivity index (χ1) is 12.5. The third kappa shape index (κ3) is 4.80. The molecule has 1 N–H and O–H groups in total. The minimum Gasteiger partial charge on any atom is -0.354 e. The molecule has 0 unspecified atom stereocenters. The molecule has 3 rings (SSSR count). The number of nitrogens with one attached hydrogen (secondary N) is 1. The molecule has 1 atom stereocenters. The van der Waals surface area contributed by atoms with Crippen molar-refractivity contribution in [1.29, 1.82) is 0 Å². The number of hydrogen-bond acceptors (Lipinski definition) is 4. The van der Waals surface area contributed by atoms with Crippen molar-refractivity contribution < 1.29 is 14.0 Å². The topological polar surface area (TPSA) is 55.9 Å². The summed E-state index contributed by atoms with van der Waals surface area (Å²) in [7, 11) is 1.84. The Balaban J connectivity index is 1.53. The summed E-state index contributed by atoms with van der Waals surface area (Å²) in [6.07, 6.45) is 1.94. The average molecular weight is 362 g/mol. The van der Waals surface area contributed by atoms with Crippen LogP contribution in [-0.2, 0) is 16.1 Å². The van der Waals surface area contributed by atoms with Crippen molar-refractivity contribution in [3.05, 3.63) is 35.6 Å². The van der Waals surface area contributed by atoms with Crippen molar-refractivity contribution in [2.24, 2.45) is 0 Å². The van der Waals surface area contributed by atoms with Crippen LogP contribution >= 0.6 is 0 Å². The molecule has 0 bridgehead atoms. The van der Waals surface area contributed by atoms with Crippen molar-refractivity contribution >= 4 is 11.8 Å². The minimum atomic E-state index is -0.178. The van der Waals surface area contributed by atoms with Crippen LogP contribution in [0, 0.1) is 5.82 Å². The van der Waals surface area contributed by atoms with Crippen LogP contribution in [0.3, 0.4) is 0 Å². The number of piperidine rings is 1. The van der Waals surface area contributed by atoms with Crippen LogP contribution in [0.1, 0.15) is 18.4 Å². The number of amides is 2. The molecule has 2 aliphatic heterocycles. The Hall–Kier alpha value is -1.99. The standard InChI is InChI=1S/C19H27FN4O2/c1-22(19(26)14-24-10-8-21-18(25)13-24)16-6-4-9-23(12-16)11-15-5-2-3-7-17(15)20/h2-3,5,7,16H,4,6,8-14H2,1H3,(H,21,25)/t16-/m0/s1. The SMILES string of the molecule is CN(C(=O)CN1CCNC(=O)C1)[C@H]1CCCN(Cc2ccccc2F)C1. The highest BCUT2D eigenvalue weighted by atomic mass is 19.1. The number of benzene rings is 1. The summed E-state index contributed by atoms with van der Waals surface area (Å²) in [6.45, 7) is 4.08. The van der Waals surface area contributed by atoms with Gasteiger partial charge in [0.2, 0.25) is 11.8 Å². The highest BCUT2D eigenvalue weighted by Gasteiger charge is 2.28. The molecule has 1 aromatic rings. The molecule has 0 saturated carbocycles. The van der Waals surface area contributed by atoms with E-state index in [2.05, 4.69) is 10.2 Å². The Labute approximate surface area is 153 Å². The predicted octanol–water partition coefficient (Wildman–Crippen LogP) is 0.680. The zero-order valence-electron chi connectivity index (χ0n) is 15.3. The minimum absolute atomic E-state index is 0.0274. The van der Waals surface area contributed by atoms with Gasteiger partial charge in [-0.3, -0.25) is 19.4 Å². The lowest BCUT2D eigenvalue weighted by atomic mass is 10.0. The van der Waals surface area contributed by atoms with Gasteiger partial charge >= 0.3 is 0 Å². The van der Waals surface area contributed by atoms with Gasteiger partial charge in [0.15, 0.2) is 0 Å². The molecule has 0 radical (unpaired) electrons. The van der Waals surface area contributed by atoms with Gasteiger partial charge in [-0.2, -0.15) is 0 Å². The zero-order chi connectivity index (χ0) is 18.5. The number of rotatable bonds is 5. The quantitative estimate of drug-likeness (QED) is 0.837. The number of nitrogens with zero attached hydrogens (tertiary/aromatic N) is 3. The third-order valence-corrected chi connectivity index (χ3v) is 5.25. The maximum Gasteiger partial charge on any atom is 0.236 e. The van der Waals surface area contributed by atoms with E-state index >= 15 is 0 Å². The van der Waals surface area contributed by atoms with Crippen LogP contribution < -0.4 is 5.32 Å². The molecule has 26 heavy (non-hydrogen) atoms. The highest BCUT2D eigenvalue weighted by molar-refractivity contribution is 5.81. The van der Waals surface area contributed by atoms with E-state index in [1.165, 1.54) is 6.07 Å². The van der Waals surface area contributed by atoms with Crippen molar-refractivity contribution in [2.45, 2.75) is 25.4 Å². The summed E-state index contributed by atoms with van der Waals surface area (Å²) in [5.74, 6) is -0.166. The summed E-state index contributed by atoms with van der Waals surface area (Å²) in [5, 5.41) is 2.77. The van der Waals surface area contributed by atoms with Crippen molar-refractivity contribution in [1.82, 2.24) is 20.0 Å². The van der Waals surface area contributed by atoms with E-state index in [9.17, 15) is 14.0 Å². The Morgan fingerprint density at radius 1 is 1.31 bits per heavy atom. The van der Waals surface area contributed by atoms with Crippen LogP contribution in [0.5, 0.6) is 0 Å². The van der Waals surface area contributed by atoms with Gasteiger partial charge in [-0.25, -0.2) is 4.39 Å². The lowest BCUT2D eigenvalue weighted by Crippen LogP contribution is -2.54. The molecule has 0 aliphatic carbocycles. The summed E-state index contributed by atoms with van der Waals surface area (Å²) in [4.78, 5) is 30.0. The van der Waals surface area contributed by atoms with E-state index in [1.54, 1.807) is 11.0 Å². The molecular formula is C19H27FN4O2. The lowest BCUT2D eigenvalue weighted by Gasteiger charge is -2.38. The van der Waals surface area contributed by atoms with E-state index in [4.69, 9.17) is 0 Å². The molecule has 2 amide bonds. The number of hydrogen-bond donors (Lipinski definition) is 1. The molecular weight excluding hydrogens is 335 g/mol. The third-order valence-electron chi connectivity index (χ3n) is 5.25. The fraction of sp³-hybridized carbons (Fsp3) is 0.579. The van der Waals surface area contributed by atoms with Crippen molar-refractivity contribution in [2.75, 3.05) is 46.3 Å². The van der Waals surface area contributed by atoms with Crippen LogP contribution in [-0.4, -0.2) is 78.9 Å². The first kappa shape index (κ1) is 18.8. The average Bonchev–Trinajstić information content (AvgIpc) is 2.63. The van der Waals surface area contributed by atoms with E-state index in [0.29, 0.717) is 25.2 Å². The van der Waals surface area contributed by atoms with Crippen LogP contribution in [0.15, 0.2) is 24.3 Å². The first-order valence-electron chi connectivity index (χ1n) is 9.23. The molecule has 2 fully saturated rings. The number of carbonyl (C=O) groups excluding carboxylic acids is 2. The predicted molar refractivity (Wildman–Crippen MR) is 96.9 cm³/mol. The second-order valence-electron chi connectivity index (χ2n) is 7.19. The van der Waals surface area contributed by atoms with E-state index in [0.717, 1.165) is 25.9 Å². The normalized spacial score (nSPS) is 22.1. The first-order valence-corrected chi connectivity index (χ1v) is 9.23. The Morgan fingerprint density at radius 3 is 2.88 bits per heavy atom. The number of likely N-dealkylation sites (tertiary alicyclic amines) is 1. The second kappa shape index (κ2) is 8.60. The molecule has 2 aliphatic rings. The van der Waals surface area contributed by atoms with Gasteiger partial charge in [-0.05, 0) is 25.5 Å². The number of likely N-dealkylation sites (N-methyl/N-ethyl adjacent to an activating group) is 1. The second-order valence-corrected chi connectivity index (χ2v) is 7.19. The number of piperazine rings is 1. The fourth-order valence-electron chi connectivity index (χ4n) is 3.69. The maximum absolute atomic E-state index is 13.9. The lowest BCUT2D eigenvalue weighted by molar-refractivity contribution is -0.135. The number of carbonyl (C=O) groups is 2. The van der Waals surface area contributed by atoms with E-state index < -0.39 is 0 Å². The molecule has 142 valence electrons. The van der Waals surface area contributed by atoms with Gasteiger partial charge in [0, 0.05) is 44.8 Å². The summed E-state index contributed by atoms with van der Waals surface area (Å²) in [6, 6.07) is 6.98. The largest absolute Gasteiger partial charge is 0.354 e. The zero-order valence-corrected chi connectivity index (χ0v) is 15.3. The van der Waals surface area contributed by atoms with Crippen LogP contribution in [0.2, 0.25) is 0 Å².